The molecule has 0 bridgehead atoms. The molecule has 14 heavy (non-hydrogen) atoms. The standard InChI is InChI=1S/C9H8F2N2O/c1-2-14-9-12-7-3-5(10)6(11)4-8(7)13-9/h3-4H,2H2,1H3,(H,12,13). The molecule has 0 unspecified atom stereocenters. The Morgan fingerprint density at radius 1 is 1.36 bits per heavy atom. The monoisotopic (exact) mass is 198 g/mol. The summed E-state index contributed by atoms with van der Waals surface area (Å²) in [7, 11) is 0. The number of imidazole rings is 1. The quantitative estimate of drug-likeness (QED) is 0.803. The Morgan fingerprint density at radius 2 is 2.07 bits per heavy atom. The molecule has 5 heteroatoms. The SMILES string of the molecule is CCOc1nc2cc(F)c(F)cc2[nH]1. The fourth-order valence-corrected chi connectivity index (χ4v) is 1.19. The van der Waals surface area contributed by atoms with E-state index in [0.717, 1.165) is 12.1 Å². The first kappa shape index (κ1) is 8.93. The summed E-state index contributed by atoms with van der Waals surface area (Å²) in [6.45, 7) is 2.25. The molecular weight excluding hydrogens is 190 g/mol. The van der Waals surface area contributed by atoms with Crippen LogP contribution < -0.4 is 4.74 Å². The molecule has 3 nitrogen and oxygen atoms in total. The zero-order chi connectivity index (χ0) is 10.1. The number of rotatable bonds is 2. The van der Waals surface area contributed by atoms with E-state index < -0.39 is 11.6 Å². The number of aromatic nitrogens is 2. The Bertz CT molecular complexity index is 428. The fraction of sp³-hybridized carbons (Fsp3) is 0.222. The van der Waals surface area contributed by atoms with Crippen molar-refractivity contribution in [1.82, 2.24) is 9.97 Å². The summed E-state index contributed by atoms with van der Waals surface area (Å²) in [4.78, 5) is 6.64. The third-order valence-electron chi connectivity index (χ3n) is 1.78. The predicted molar refractivity (Wildman–Crippen MR) is 47.2 cm³/mol. The molecule has 2 aromatic rings. The molecule has 1 heterocycles. The number of ether oxygens (including phenoxy) is 1. The average molecular weight is 198 g/mol. The first-order chi connectivity index (χ1) is 6.70. The van der Waals surface area contributed by atoms with Gasteiger partial charge in [0.05, 0.1) is 17.6 Å². The summed E-state index contributed by atoms with van der Waals surface area (Å²) < 4.78 is 30.6. The number of halogens is 2. The van der Waals surface area contributed by atoms with Crippen molar-refractivity contribution in [3.05, 3.63) is 23.8 Å². The topological polar surface area (TPSA) is 37.9 Å². The lowest BCUT2D eigenvalue weighted by atomic mass is 10.3. The number of H-pyrrole nitrogens is 1. The Hall–Kier alpha value is -1.65. The number of hydrogen-bond donors (Lipinski definition) is 1. The maximum atomic E-state index is 12.8. The molecule has 1 N–H and O–H groups in total. The lowest BCUT2D eigenvalue weighted by Crippen LogP contribution is -1.92. The summed E-state index contributed by atoms with van der Waals surface area (Å²) in [6.07, 6.45) is 0. The largest absolute Gasteiger partial charge is 0.465 e. The van der Waals surface area contributed by atoms with Crippen molar-refractivity contribution in [2.24, 2.45) is 0 Å². The van der Waals surface area contributed by atoms with Crippen molar-refractivity contribution in [2.75, 3.05) is 6.61 Å². The highest BCUT2D eigenvalue weighted by Crippen LogP contribution is 2.19. The summed E-state index contributed by atoms with van der Waals surface area (Å²) in [6, 6.07) is 2.36. The smallest absolute Gasteiger partial charge is 0.294 e. The Morgan fingerprint density at radius 3 is 2.79 bits per heavy atom. The van der Waals surface area contributed by atoms with Crippen LogP contribution in [0.1, 0.15) is 6.92 Å². The first-order valence-corrected chi connectivity index (χ1v) is 4.18. The van der Waals surface area contributed by atoms with E-state index in [4.69, 9.17) is 4.74 Å². The molecule has 2 rings (SSSR count). The lowest BCUT2D eigenvalue weighted by molar-refractivity contribution is 0.317. The van der Waals surface area contributed by atoms with E-state index in [2.05, 4.69) is 9.97 Å². The molecule has 1 aromatic heterocycles. The van der Waals surface area contributed by atoms with Gasteiger partial charge in [0.1, 0.15) is 0 Å². The van der Waals surface area contributed by atoms with Crippen molar-refractivity contribution in [3.63, 3.8) is 0 Å². The zero-order valence-corrected chi connectivity index (χ0v) is 7.47. The average Bonchev–Trinajstić information content (AvgIpc) is 2.48. The van der Waals surface area contributed by atoms with Gasteiger partial charge in [-0.15, -0.1) is 0 Å². The minimum atomic E-state index is -0.910. The molecular formula is C9H8F2N2O. The van der Waals surface area contributed by atoms with Crippen LogP contribution in [-0.4, -0.2) is 16.6 Å². The molecule has 74 valence electrons. The third-order valence-corrected chi connectivity index (χ3v) is 1.78. The highest BCUT2D eigenvalue weighted by molar-refractivity contribution is 5.75. The van der Waals surface area contributed by atoms with Crippen molar-refractivity contribution in [3.8, 4) is 6.01 Å². The second-order valence-corrected chi connectivity index (χ2v) is 2.76. The van der Waals surface area contributed by atoms with E-state index in [0.29, 0.717) is 17.6 Å². The van der Waals surface area contributed by atoms with E-state index in [1.165, 1.54) is 0 Å². The van der Waals surface area contributed by atoms with Gasteiger partial charge in [-0.05, 0) is 6.92 Å². The van der Waals surface area contributed by atoms with Gasteiger partial charge in [0, 0.05) is 12.1 Å². The number of nitrogens with one attached hydrogen (secondary N) is 1. The van der Waals surface area contributed by atoms with E-state index in [-0.39, 0.29) is 6.01 Å². The van der Waals surface area contributed by atoms with Gasteiger partial charge in [-0.1, -0.05) is 0 Å². The second kappa shape index (κ2) is 3.25. The first-order valence-electron chi connectivity index (χ1n) is 4.18. The van der Waals surface area contributed by atoms with E-state index in [1.807, 2.05) is 0 Å². The van der Waals surface area contributed by atoms with Gasteiger partial charge in [0.25, 0.3) is 6.01 Å². The number of nitrogens with zero attached hydrogens (tertiary/aromatic N) is 1. The molecule has 0 spiro atoms. The molecule has 0 atom stereocenters. The Balaban J connectivity index is 2.54. The molecule has 0 aliphatic rings. The van der Waals surface area contributed by atoms with Gasteiger partial charge in [-0.2, -0.15) is 4.98 Å². The van der Waals surface area contributed by atoms with E-state index in [1.54, 1.807) is 6.92 Å². The minimum absolute atomic E-state index is 0.271. The molecule has 0 amide bonds. The molecule has 1 aromatic carbocycles. The van der Waals surface area contributed by atoms with Crippen LogP contribution in [0.5, 0.6) is 6.01 Å². The van der Waals surface area contributed by atoms with Crippen molar-refractivity contribution >= 4 is 11.0 Å². The lowest BCUT2D eigenvalue weighted by Gasteiger charge is -1.93. The highest BCUT2D eigenvalue weighted by atomic mass is 19.2. The van der Waals surface area contributed by atoms with Gasteiger partial charge >= 0.3 is 0 Å². The molecule has 0 fully saturated rings. The summed E-state index contributed by atoms with van der Waals surface area (Å²) >= 11 is 0. The summed E-state index contributed by atoms with van der Waals surface area (Å²) in [5.74, 6) is -1.81. The highest BCUT2D eigenvalue weighted by Gasteiger charge is 2.08. The predicted octanol–water partition coefficient (Wildman–Crippen LogP) is 2.24. The molecule has 0 radical (unpaired) electrons. The molecule has 0 saturated heterocycles. The van der Waals surface area contributed by atoms with Crippen molar-refractivity contribution < 1.29 is 13.5 Å². The van der Waals surface area contributed by atoms with Crippen LogP contribution in [0.15, 0.2) is 12.1 Å². The number of benzene rings is 1. The Labute approximate surface area is 78.7 Å². The van der Waals surface area contributed by atoms with Crippen LogP contribution in [0.3, 0.4) is 0 Å². The van der Waals surface area contributed by atoms with Crippen LogP contribution in [0.4, 0.5) is 8.78 Å². The molecule has 0 saturated carbocycles. The summed E-state index contributed by atoms with van der Waals surface area (Å²) in [5.41, 5.74) is 0.778. The number of fused-ring (bicyclic) bond motifs is 1. The number of hydrogen-bond acceptors (Lipinski definition) is 2. The molecule has 0 aliphatic carbocycles. The van der Waals surface area contributed by atoms with Crippen LogP contribution >= 0.6 is 0 Å². The van der Waals surface area contributed by atoms with Crippen LogP contribution in [0.2, 0.25) is 0 Å². The maximum absolute atomic E-state index is 12.8. The Kier molecular flexibility index (Phi) is 2.07. The number of aromatic amines is 1. The second-order valence-electron chi connectivity index (χ2n) is 2.76. The molecule has 0 aliphatic heterocycles. The fourth-order valence-electron chi connectivity index (χ4n) is 1.19. The third kappa shape index (κ3) is 1.41. The van der Waals surface area contributed by atoms with Gasteiger partial charge in [-0.25, -0.2) is 8.78 Å². The summed E-state index contributed by atoms with van der Waals surface area (Å²) in [5, 5.41) is 0. The van der Waals surface area contributed by atoms with Gasteiger partial charge in [0.15, 0.2) is 11.6 Å². The van der Waals surface area contributed by atoms with Crippen molar-refractivity contribution in [1.29, 1.82) is 0 Å². The normalized spacial score (nSPS) is 10.8. The van der Waals surface area contributed by atoms with Gasteiger partial charge < -0.3 is 9.72 Å². The van der Waals surface area contributed by atoms with Gasteiger partial charge in [-0.3, -0.25) is 0 Å². The zero-order valence-electron chi connectivity index (χ0n) is 7.47. The van der Waals surface area contributed by atoms with Crippen molar-refractivity contribution in [2.45, 2.75) is 6.92 Å². The maximum Gasteiger partial charge on any atom is 0.294 e. The van der Waals surface area contributed by atoms with E-state index in [9.17, 15) is 8.78 Å². The van der Waals surface area contributed by atoms with Crippen LogP contribution in [0.25, 0.3) is 11.0 Å². The minimum Gasteiger partial charge on any atom is -0.465 e. The van der Waals surface area contributed by atoms with Crippen LogP contribution in [0, 0.1) is 11.6 Å². The van der Waals surface area contributed by atoms with Crippen LogP contribution in [-0.2, 0) is 0 Å². The van der Waals surface area contributed by atoms with Gasteiger partial charge in [0.2, 0.25) is 0 Å². The van der Waals surface area contributed by atoms with E-state index >= 15 is 0 Å².